The molecule has 0 saturated heterocycles. The van der Waals surface area contributed by atoms with E-state index < -0.39 is 0 Å². The molecule has 1 rings (SSSR count). The smallest absolute Gasteiger partial charge is 0.127 e. The zero-order valence-electron chi connectivity index (χ0n) is 9.46. The quantitative estimate of drug-likeness (QED) is 0.808. The molecule has 0 radical (unpaired) electrons. The topological polar surface area (TPSA) is 21.3 Å². The van der Waals surface area contributed by atoms with Gasteiger partial charge in [0.25, 0.3) is 0 Å². The predicted molar refractivity (Wildman–Crippen MR) is 59.3 cm³/mol. The van der Waals surface area contributed by atoms with E-state index in [0.29, 0.717) is 12.2 Å². The fourth-order valence-electron chi connectivity index (χ4n) is 1.64. The molecule has 84 valence electrons. The van der Waals surface area contributed by atoms with E-state index in [1.165, 1.54) is 6.07 Å². The second kappa shape index (κ2) is 5.83. The van der Waals surface area contributed by atoms with Crippen LogP contribution in [0, 0.1) is 5.82 Å². The standard InChI is InChI=1S/C12H18FNO/c1-9(8-15-3)14-10(2)11-6-4-5-7-12(11)13/h4-7,9-10,14H,8H2,1-3H3/t9-,10+/m0/s1. The van der Waals surface area contributed by atoms with Crippen LogP contribution in [0.15, 0.2) is 24.3 Å². The molecule has 0 aliphatic carbocycles. The highest BCUT2D eigenvalue weighted by atomic mass is 19.1. The van der Waals surface area contributed by atoms with Gasteiger partial charge < -0.3 is 10.1 Å². The summed E-state index contributed by atoms with van der Waals surface area (Å²) in [7, 11) is 1.66. The van der Waals surface area contributed by atoms with Crippen LogP contribution in [-0.4, -0.2) is 19.8 Å². The Hall–Kier alpha value is -0.930. The van der Waals surface area contributed by atoms with Gasteiger partial charge in [0.15, 0.2) is 0 Å². The first kappa shape index (κ1) is 12.1. The SMILES string of the molecule is COC[C@H](C)N[C@H](C)c1ccccc1F. The van der Waals surface area contributed by atoms with Crippen LogP contribution in [0.2, 0.25) is 0 Å². The normalized spacial score (nSPS) is 14.9. The van der Waals surface area contributed by atoms with Gasteiger partial charge in [-0.1, -0.05) is 18.2 Å². The zero-order valence-corrected chi connectivity index (χ0v) is 9.46. The van der Waals surface area contributed by atoms with Crippen molar-refractivity contribution in [2.45, 2.75) is 25.9 Å². The summed E-state index contributed by atoms with van der Waals surface area (Å²) in [6, 6.07) is 7.03. The molecule has 0 bridgehead atoms. The van der Waals surface area contributed by atoms with Crippen LogP contribution in [0.25, 0.3) is 0 Å². The van der Waals surface area contributed by atoms with Crippen LogP contribution in [0.3, 0.4) is 0 Å². The molecule has 0 aliphatic heterocycles. The number of rotatable bonds is 5. The molecule has 0 amide bonds. The van der Waals surface area contributed by atoms with Crippen LogP contribution in [0.4, 0.5) is 4.39 Å². The number of ether oxygens (including phenoxy) is 1. The first-order valence-electron chi connectivity index (χ1n) is 5.14. The largest absolute Gasteiger partial charge is 0.383 e. The Balaban J connectivity index is 2.61. The van der Waals surface area contributed by atoms with Crippen LogP contribution in [-0.2, 0) is 4.74 Å². The van der Waals surface area contributed by atoms with E-state index in [2.05, 4.69) is 5.32 Å². The van der Waals surface area contributed by atoms with E-state index in [4.69, 9.17) is 4.74 Å². The molecule has 0 aliphatic rings. The minimum Gasteiger partial charge on any atom is -0.383 e. The minimum atomic E-state index is -0.165. The van der Waals surface area contributed by atoms with Crippen LogP contribution >= 0.6 is 0 Å². The summed E-state index contributed by atoms with van der Waals surface area (Å²) in [4.78, 5) is 0. The van der Waals surface area contributed by atoms with E-state index in [-0.39, 0.29) is 17.9 Å². The lowest BCUT2D eigenvalue weighted by Crippen LogP contribution is -2.32. The van der Waals surface area contributed by atoms with Crippen LogP contribution in [0.5, 0.6) is 0 Å². The van der Waals surface area contributed by atoms with Gasteiger partial charge >= 0.3 is 0 Å². The maximum absolute atomic E-state index is 13.4. The van der Waals surface area contributed by atoms with Gasteiger partial charge in [0.05, 0.1) is 6.61 Å². The summed E-state index contributed by atoms with van der Waals surface area (Å²) in [6.07, 6.45) is 0. The monoisotopic (exact) mass is 211 g/mol. The molecule has 1 aromatic rings. The molecule has 3 heteroatoms. The van der Waals surface area contributed by atoms with Crippen molar-refractivity contribution in [2.24, 2.45) is 0 Å². The van der Waals surface area contributed by atoms with Gasteiger partial charge in [-0.25, -0.2) is 4.39 Å². The molecule has 1 aromatic carbocycles. The van der Waals surface area contributed by atoms with Crippen molar-refractivity contribution < 1.29 is 9.13 Å². The van der Waals surface area contributed by atoms with Gasteiger partial charge in [-0.2, -0.15) is 0 Å². The van der Waals surface area contributed by atoms with E-state index in [9.17, 15) is 4.39 Å². The summed E-state index contributed by atoms with van der Waals surface area (Å²) >= 11 is 0. The first-order chi connectivity index (χ1) is 7.15. The van der Waals surface area contributed by atoms with Gasteiger partial charge in [-0.3, -0.25) is 0 Å². The van der Waals surface area contributed by atoms with Crippen molar-refractivity contribution in [1.29, 1.82) is 0 Å². The third-order valence-electron chi connectivity index (χ3n) is 2.32. The zero-order chi connectivity index (χ0) is 11.3. The van der Waals surface area contributed by atoms with Gasteiger partial charge in [-0.15, -0.1) is 0 Å². The molecule has 1 N–H and O–H groups in total. The van der Waals surface area contributed by atoms with Crippen molar-refractivity contribution >= 4 is 0 Å². The summed E-state index contributed by atoms with van der Waals surface area (Å²) in [5, 5.41) is 3.27. The summed E-state index contributed by atoms with van der Waals surface area (Å²) in [5.41, 5.74) is 0.695. The fourth-order valence-corrected chi connectivity index (χ4v) is 1.64. The van der Waals surface area contributed by atoms with Crippen molar-refractivity contribution in [3.63, 3.8) is 0 Å². The lowest BCUT2D eigenvalue weighted by atomic mass is 10.1. The Morgan fingerprint density at radius 1 is 1.33 bits per heavy atom. The number of hydrogen-bond donors (Lipinski definition) is 1. The maximum atomic E-state index is 13.4. The van der Waals surface area contributed by atoms with Crippen molar-refractivity contribution in [1.82, 2.24) is 5.32 Å². The molecule has 2 nitrogen and oxygen atoms in total. The predicted octanol–water partition coefficient (Wildman–Crippen LogP) is 2.51. The Bertz CT molecular complexity index is 303. The molecule has 2 atom stereocenters. The van der Waals surface area contributed by atoms with Gasteiger partial charge in [0.2, 0.25) is 0 Å². The van der Waals surface area contributed by atoms with Gasteiger partial charge in [-0.05, 0) is 19.9 Å². The molecule has 0 fully saturated rings. The van der Waals surface area contributed by atoms with Gasteiger partial charge in [0.1, 0.15) is 5.82 Å². The highest BCUT2D eigenvalue weighted by molar-refractivity contribution is 5.20. The Kier molecular flexibility index (Phi) is 4.72. The lowest BCUT2D eigenvalue weighted by molar-refractivity contribution is 0.167. The molecular formula is C12H18FNO. The number of hydrogen-bond acceptors (Lipinski definition) is 2. The third kappa shape index (κ3) is 3.61. The maximum Gasteiger partial charge on any atom is 0.127 e. The van der Waals surface area contributed by atoms with Crippen LogP contribution < -0.4 is 5.32 Å². The van der Waals surface area contributed by atoms with E-state index in [1.807, 2.05) is 19.9 Å². The van der Waals surface area contributed by atoms with Gasteiger partial charge in [0, 0.05) is 24.8 Å². The second-order valence-electron chi connectivity index (χ2n) is 3.77. The average molecular weight is 211 g/mol. The molecule has 0 aromatic heterocycles. The Labute approximate surface area is 90.4 Å². The second-order valence-corrected chi connectivity index (χ2v) is 3.77. The highest BCUT2D eigenvalue weighted by Crippen LogP contribution is 2.16. The van der Waals surface area contributed by atoms with E-state index in [1.54, 1.807) is 19.2 Å². The number of nitrogens with one attached hydrogen (secondary N) is 1. The molecule has 0 heterocycles. The lowest BCUT2D eigenvalue weighted by Gasteiger charge is -2.20. The first-order valence-corrected chi connectivity index (χ1v) is 5.14. The number of halogens is 1. The minimum absolute atomic E-state index is 0.00338. The fraction of sp³-hybridized carbons (Fsp3) is 0.500. The third-order valence-corrected chi connectivity index (χ3v) is 2.32. The van der Waals surface area contributed by atoms with Crippen molar-refractivity contribution in [3.8, 4) is 0 Å². The van der Waals surface area contributed by atoms with E-state index >= 15 is 0 Å². The van der Waals surface area contributed by atoms with Crippen molar-refractivity contribution in [2.75, 3.05) is 13.7 Å². The number of benzene rings is 1. The van der Waals surface area contributed by atoms with Crippen molar-refractivity contribution in [3.05, 3.63) is 35.6 Å². The molecule has 0 saturated carbocycles. The average Bonchev–Trinajstić information content (AvgIpc) is 2.18. The Morgan fingerprint density at radius 2 is 2.00 bits per heavy atom. The summed E-state index contributed by atoms with van der Waals surface area (Å²) < 4.78 is 18.4. The summed E-state index contributed by atoms with van der Waals surface area (Å²) in [6.45, 7) is 4.59. The molecule has 0 unspecified atom stereocenters. The molecule has 0 spiro atoms. The number of methoxy groups -OCH3 is 1. The van der Waals surface area contributed by atoms with Crippen LogP contribution in [0.1, 0.15) is 25.5 Å². The highest BCUT2D eigenvalue weighted by Gasteiger charge is 2.12. The molecular weight excluding hydrogens is 193 g/mol. The Morgan fingerprint density at radius 3 is 2.60 bits per heavy atom. The summed E-state index contributed by atoms with van der Waals surface area (Å²) in [5.74, 6) is -0.165. The van der Waals surface area contributed by atoms with E-state index in [0.717, 1.165) is 0 Å². The molecule has 15 heavy (non-hydrogen) atoms.